The third-order valence-corrected chi connectivity index (χ3v) is 4.32. The minimum atomic E-state index is -0.555. The van der Waals surface area contributed by atoms with Crippen LogP contribution in [0.1, 0.15) is 37.8 Å². The normalized spacial score (nSPS) is 25.6. The van der Waals surface area contributed by atoms with E-state index < -0.39 is 5.41 Å². The summed E-state index contributed by atoms with van der Waals surface area (Å²) in [5.41, 5.74) is 9.96. The van der Waals surface area contributed by atoms with Crippen LogP contribution in [0.2, 0.25) is 0 Å². The van der Waals surface area contributed by atoms with Crippen LogP contribution in [0, 0.1) is 5.92 Å². The van der Waals surface area contributed by atoms with Crippen molar-refractivity contribution in [2.45, 2.75) is 38.5 Å². The van der Waals surface area contributed by atoms with Crippen LogP contribution < -0.4 is 11.2 Å². The molecule has 0 radical (unpaired) electrons. The van der Waals surface area contributed by atoms with Crippen molar-refractivity contribution in [2.75, 3.05) is 6.54 Å². The molecule has 2 unspecified atom stereocenters. The van der Waals surface area contributed by atoms with Crippen LogP contribution in [0.15, 0.2) is 29.4 Å². The predicted octanol–water partition coefficient (Wildman–Crippen LogP) is 1.98. The number of aryl methyl sites for hydroxylation is 1. The smallest absolute Gasteiger partial charge is 0.251 e. The fraction of sp³-hybridized carbons (Fsp3) is 0.500. The van der Waals surface area contributed by atoms with Crippen molar-refractivity contribution in [3.63, 3.8) is 0 Å². The number of hydrogen-bond donors (Lipinski definition) is 2. The average Bonchev–Trinajstić information content (AvgIpc) is 2.45. The lowest BCUT2D eigenvalue weighted by atomic mass is 9.69. The van der Waals surface area contributed by atoms with Crippen molar-refractivity contribution >= 4 is 12.1 Å². The molecule has 0 fully saturated rings. The molecule has 0 saturated heterocycles. The summed E-state index contributed by atoms with van der Waals surface area (Å²) in [6.45, 7) is 4.75. The fourth-order valence-corrected chi connectivity index (χ4v) is 2.75. The molecule has 1 aliphatic heterocycles. The van der Waals surface area contributed by atoms with Crippen LogP contribution >= 0.6 is 0 Å². The summed E-state index contributed by atoms with van der Waals surface area (Å²) in [5.74, 6) is 0.0469. The number of rotatable bonds is 5. The molecule has 20 heavy (non-hydrogen) atoms. The van der Waals surface area contributed by atoms with E-state index in [-0.39, 0.29) is 11.8 Å². The monoisotopic (exact) mass is 273 g/mol. The Morgan fingerprint density at radius 1 is 1.35 bits per heavy atom. The number of amides is 1. The SMILES string of the molecule is CC1C=NNC(=O)C1(C)c1ccccc1CCCCN. The number of nitrogens with zero attached hydrogens (tertiary/aromatic N) is 1. The Labute approximate surface area is 120 Å². The van der Waals surface area contributed by atoms with Gasteiger partial charge in [0.05, 0.1) is 5.41 Å². The summed E-state index contributed by atoms with van der Waals surface area (Å²) >= 11 is 0. The van der Waals surface area contributed by atoms with Gasteiger partial charge in [-0.25, -0.2) is 5.43 Å². The molecule has 1 aromatic carbocycles. The van der Waals surface area contributed by atoms with E-state index in [0.717, 1.165) is 24.8 Å². The van der Waals surface area contributed by atoms with Gasteiger partial charge in [0.2, 0.25) is 0 Å². The van der Waals surface area contributed by atoms with E-state index in [4.69, 9.17) is 5.73 Å². The largest absolute Gasteiger partial charge is 0.330 e. The molecule has 2 rings (SSSR count). The molecule has 1 amide bonds. The number of unbranched alkanes of at least 4 members (excludes halogenated alkanes) is 1. The van der Waals surface area contributed by atoms with E-state index in [9.17, 15) is 4.79 Å². The summed E-state index contributed by atoms with van der Waals surface area (Å²) in [6, 6.07) is 8.21. The lowest BCUT2D eigenvalue weighted by molar-refractivity contribution is -0.127. The topological polar surface area (TPSA) is 67.5 Å². The molecule has 0 saturated carbocycles. The molecule has 0 aliphatic carbocycles. The molecule has 108 valence electrons. The molecule has 1 heterocycles. The summed E-state index contributed by atoms with van der Waals surface area (Å²) in [5, 5.41) is 3.92. The van der Waals surface area contributed by atoms with Crippen LogP contribution in [0.3, 0.4) is 0 Å². The second-order valence-corrected chi connectivity index (χ2v) is 5.61. The van der Waals surface area contributed by atoms with E-state index in [1.807, 2.05) is 32.2 Å². The van der Waals surface area contributed by atoms with Gasteiger partial charge in [0.25, 0.3) is 5.91 Å². The summed E-state index contributed by atoms with van der Waals surface area (Å²) in [4.78, 5) is 12.4. The van der Waals surface area contributed by atoms with Gasteiger partial charge in [-0.05, 0) is 43.9 Å². The number of benzene rings is 1. The van der Waals surface area contributed by atoms with Gasteiger partial charge in [0, 0.05) is 12.1 Å². The average molecular weight is 273 g/mol. The third kappa shape index (κ3) is 2.61. The highest BCUT2D eigenvalue weighted by molar-refractivity contribution is 5.94. The molecule has 2 atom stereocenters. The van der Waals surface area contributed by atoms with Crippen LogP contribution in [0.4, 0.5) is 0 Å². The summed E-state index contributed by atoms with van der Waals surface area (Å²) in [6.07, 6.45) is 4.83. The first-order valence-electron chi connectivity index (χ1n) is 7.22. The second kappa shape index (κ2) is 6.18. The molecule has 0 bridgehead atoms. The van der Waals surface area contributed by atoms with Crippen molar-refractivity contribution in [3.05, 3.63) is 35.4 Å². The predicted molar refractivity (Wildman–Crippen MR) is 81.6 cm³/mol. The van der Waals surface area contributed by atoms with Crippen molar-refractivity contribution in [3.8, 4) is 0 Å². The molecule has 0 aromatic heterocycles. The Kier molecular flexibility index (Phi) is 4.55. The standard InChI is InChI=1S/C16H23N3O/c1-12-11-18-19-15(20)16(12,2)14-9-4-3-7-13(14)8-5-6-10-17/h3-4,7,9,11-12H,5-6,8,10,17H2,1-2H3,(H,19,20). The zero-order valence-corrected chi connectivity index (χ0v) is 12.2. The number of carbonyl (C=O) groups is 1. The number of carbonyl (C=O) groups excluding carboxylic acids is 1. The third-order valence-electron chi connectivity index (χ3n) is 4.32. The lowest BCUT2D eigenvalue weighted by Crippen LogP contribution is -2.49. The Morgan fingerprint density at radius 2 is 2.10 bits per heavy atom. The minimum absolute atomic E-state index is 0.0289. The molecule has 0 spiro atoms. The molecular weight excluding hydrogens is 250 g/mol. The van der Waals surface area contributed by atoms with Crippen LogP contribution in [-0.2, 0) is 16.6 Å². The highest BCUT2D eigenvalue weighted by atomic mass is 16.2. The van der Waals surface area contributed by atoms with Gasteiger partial charge in [-0.2, -0.15) is 5.10 Å². The zero-order valence-electron chi connectivity index (χ0n) is 12.2. The second-order valence-electron chi connectivity index (χ2n) is 5.61. The van der Waals surface area contributed by atoms with Gasteiger partial charge < -0.3 is 5.73 Å². The van der Waals surface area contributed by atoms with E-state index >= 15 is 0 Å². The molecule has 1 aliphatic rings. The van der Waals surface area contributed by atoms with Crippen molar-refractivity contribution in [2.24, 2.45) is 16.8 Å². The van der Waals surface area contributed by atoms with Gasteiger partial charge >= 0.3 is 0 Å². The van der Waals surface area contributed by atoms with Gasteiger partial charge in [-0.1, -0.05) is 31.2 Å². The van der Waals surface area contributed by atoms with Gasteiger partial charge in [-0.3, -0.25) is 4.79 Å². The van der Waals surface area contributed by atoms with Crippen LogP contribution in [0.25, 0.3) is 0 Å². The molecule has 4 nitrogen and oxygen atoms in total. The van der Waals surface area contributed by atoms with E-state index in [1.54, 1.807) is 0 Å². The lowest BCUT2D eigenvalue weighted by Gasteiger charge is -2.36. The molecule has 3 N–H and O–H groups in total. The maximum atomic E-state index is 12.4. The Morgan fingerprint density at radius 3 is 2.80 bits per heavy atom. The zero-order chi connectivity index (χ0) is 14.6. The number of nitrogens with one attached hydrogen (secondary N) is 1. The highest BCUT2D eigenvalue weighted by Gasteiger charge is 2.43. The number of hydrogen-bond acceptors (Lipinski definition) is 3. The van der Waals surface area contributed by atoms with E-state index in [2.05, 4.69) is 22.7 Å². The number of nitrogens with two attached hydrogens (primary N) is 1. The maximum absolute atomic E-state index is 12.4. The molecule has 4 heteroatoms. The van der Waals surface area contributed by atoms with Crippen molar-refractivity contribution in [1.82, 2.24) is 5.43 Å². The maximum Gasteiger partial charge on any atom is 0.251 e. The first kappa shape index (κ1) is 14.7. The Bertz CT molecular complexity index is 512. The minimum Gasteiger partial charge on any atom is -0.330 e. The number of hydrazone groups is 1. The van der Waals surface area contributed by atoms with Gasteiger partial charge in [0.1, 0.15) is 0 Å². The van der Waals surface area contributed by atoms with E-state index in [0.29, 0.717) is 6.54 Å². The Hall–Kier alpha value is -1.68. The van der Waals surface area contributed by atoms with Crippen LogP contribution in [0.5, 0.6) is 0 Å². The summed E-state index contributed by atoms with van der Waals surface area (Å²) < 4.78 is 0. The van der Waals surface area contributed by atoms with Gasteiger partial charge in [0.15, 0.2) is 0 Å². The first-order chi connectivity index (χ1) is 9.60. The highest BCUT2D eigenvalue weighted by Crippen LogP contribution is 2.35. The first-order valence-corrected chi connectivity index (χ1v) is 7.22. The molecule has 1 aromatic rings. The van der Waals surface area contributed by atoms with Gasteiger partial charge in [-0.15, -0.1) is 0 Å². The quantitative estimate of drug-likeness (QED) is 0.805. The molecular formula is C16H23N3O. The summed E-state index contributed by atoms with van der Waals surface area (Å²) in [7, 11) is 0. The van der Waals surface area contributed by atoms with E-state index in [1.165, 1.54) is 5.56 Å². The van der Waals surface area contributed by atoms with Crippen molar-refractivity contribution in [1.29, 1.82) is 0 Å². The fourth-order valence-electron chi connectivity index (χ4n) is 2.75. The van der Waals surface area contributed by atoms with Crippen molar-refractivity contribution < 1.29 is 4.79 Å². The van der Waals surface area contributed by atoms with Crippen LogP contribution in [-0.4, -0.2) is 18.7 Å². The Balaban J connectivity index is 2.35.